The summed E-state index contributed by atoms with van der Waals surface area (Å²) in [7, 11) is 0. The van der Waals surface area contributed by atoms with Gasteiger partial charge in [0.1, 0.15) is 5.56 Å². The highest BCUT2D eigenvalue weighted by Crippen LogP contribution is 2.24. The Morgan fingerprint density at radius 2 is 1.90 bits per heavy atom. The number of aliphatic hydroxyl groups excluding tert-OH is 1. The van der Waals surface area contributed by atoms with Gasteiger partial charge in [-0.05, 0) is 43.7 Å². The van der Waals surface area contributed by atoms with Crippen molar-refractivity contribution in [1.29, 1.82) is 0 Å². The summed E-state index contributed by atoms with van der Waals surface area (Å²) in [6, 6.07) is 16.2. The van der Waals surface area contributed by atoms with E-state index in [0.29, 0.717) is 38.6 Å². The van der Waals surface area contributed by atoms with Gasteiger partial charge in [-0.25, -0.2) is 4.99 Å². The number of hydrogen-bond acceptors (Lipinski definition) is 5. The highest BCUT2D eigenvalue weighted by atomic mass is 35.5. The van der Waals surface area contributed by atoms with Crippen molar-refractivity contribution in [1.82, 2.24) is 4.98 Å². The third-order valence-corrected chi connectivity index (χ3v) is 5.26. The van der Waals surface area contributed by atoms with E-state index in [2.05, 4.69) is 15.3 Å². The van der Waals surface area contributed by atoms with Crippen LogP contribution >= 0.6 is 11.6 Å². The fourth-order valence-electron chi connectivity index (χ4n) is 3.21. The van der Waals surface area contributed by atoms with Crippen LogP contribution in [0.15, 0.2) is 70.2 Å². The molecule has 6 nitrogen and oxygen atoms in total. The van der Waals surface area contributed by atoms with E-state index in [1.54, 1.807) is 43.5 Å². The summed E-state index contributed by atoms with van der Waals surface area (Å²) in [5.74, 6) is -0.426. The molecule has 0 aliphatic heterocycles. The maximum Gasteiger partial charge on any atom is 0.261 e. The van der Waals surface area contributed by atoms with E-state index in [4.69, 9.17) is 16.0 Å². The van der Waals surface area contributed by atoms with Gasteiger partial charge in [0.25, 0.3) is 5.91 Å². The molecule has 0 saturated carbocycles. The Hall–Kier alpha value is -3.48. The molecule has 0 fully saturated rings. The Bertz CT molecular complexity index is 1360. The molecule has 0 aliphatic carbocycles. The average Bonchev–Trinajstić information content (AvgIpc) is 2.77. The lowest BCUT2D eigenvalue weighted by atomic mass is 10.1. The van der Waals surface area contributed by atoms with E-state index in [-0.39, 0.29) is 17.7 Å². The highest BCUT2D eigenvalue weighted by Gasteiger charge is 2.17. The number of halogens is 1. The minimum absolute atomic E-state index is 0.145. The first-order chi connectivity index (χ1) is 15.0. The molecule has 0 radical (unpaired) electrons. The van der Waals surface area contributed by atoms with Crippen LogP contribution in [0.5, 0.6) is 0 Å². The summed E-state index contributed by atoms with van der Waals surface area (Å²) in [4.78, 5) is 22.1. The fraction of sp³-hybridized carbons (Fsp3) is 0.125. The molecule has 2 aromatic carbocycles. The second-order valence-corrected chi connectivity index (χ2v) is 7.47. The molecule has 1 amide bonds. The first kappa shape index (κ1) is 20.8. The van der Waals surface area contributed by atoms with Crippen molar-refractivity contribution in [3.05, 3.63) is 93.8 Å². The lowest BCUT2D eigenvalue weighted by Gasteiger charge is -2.11. The molecule has 156 valence electrons. The Labute approximate surface area is 183 Å². The zero-order valence-electron chi connectivity index (χ0n) is 17.0. The van der Waals surface area contributed by atoms with Crippen molar-refractivity contribution in [2.75, 3.05) is 5.32 Å². The van der Waals surface area contributed by atoms with Crippen molar-refractivity contribution in [2.45, 2.75) is 20.5 Å². The standard InChI is InChI=1S/C24H20ClN3O3/c1-14-7-3-5-9-20(14)28-24-18(23(30)27-21-10-6-4-8-19(21)25)11-17-16(13-29)12-26-15(2)22(17)31-24/h3-12,29H,13H2,1-2H3,(H,27,30). The molecule has 7 heteroatoms. The monoisotopic (exact) mass is 433 g/mol. The number of pyridine rings is 1. The zero-order chi connectivity index (χ0) is 22.0. The lowest BCUT2D eigenvalue weighted by Crippen LogP contribution is -2.22. The second kappa shape index (κ2) is 8.71. The Morgan fingerprint density at radius 1 is 1.16 bits per heavy atom. The van der Waals surface area contributed by atoms with Crippen LogP contribution in [0.25, 0.3) is 11.0 Å². The van der Waals surface area contributed by atoms with Crippen LogP contribution in [0.4, 0.5) is 11.4 Å². The SMILES string of the molecule is Cc1ccccc1N=c1oc2c(C)ncc(CO)c2cc1C(=O)Nc1ccccc1Cl. The number of anilines is 1. The van der Waals surface area contributed by atoms with Gasteiger partial charge < -0.3 is 14.8 Å². The number of aliphatic hydroxyl groups is 1. The minimum atomic E-state index is -0.426. The second-order valence-electron chi connectivity index (χ2n) is 7.07. The van der Waals surface area contributed by atoms with Crippen molar-refractivity contribution < 1.29 is 14.3 Å². The number of carbonyl (C=O) groups is 1. The van der Waals surface area contributed by atoms with Crippen LogP contribution in [-0.2, 0) is 6.61 Å². The third-order valence-electron chi connectivity index (χ3n) is 4.93. The molecule has 4 rings (SSSR count). The van der Waals surface area contributed by atoms with E-state index in [1.165, 1.54) is 0 Å². The maximum absolute atomic E-state index is 13.2. The van der Waals surface area contributed by atoms with E-state index in [9.17, 15) is 9.90 Å². The number of amides is 1. The number of nitrogens with one attached hydrogen (secondary N) is 1. The first-order valence-electron chi connectivity index (χ1n) is 9.67. The maximum atomic E-state index is 13.2. The summed E-state index contributed by atoms with van der Waals surface area (Å²) < 4.78 is 6.08. The molecule has 0 atom stereocenters. The molecule has 2 heterocycles. The van der Waals surface area contributed by atoms with Crippen molar-refractivity contribution in [3.63, 3.8) is 0 Å². The molecule has 2 aromatic heterocycles. The number of nitrogens with zero attached hydrogens (tertiary/aromatic N) is 2. The number of aryl methyl sites for hydroxylation is 2. The van der Waals surface area contributed by atoms with Crippen LogP contribution in [0.1, 0.15) is 27.2 Å². The van der Waals surface area contributed by atoms with Gasteiger partial charge >= 0.3 is 0 Å². The van der Waals surface area contributed by atoms with Gasteiger partial charge in [0.2, 0.25) is 5.55 Å². The third kappa shape index (κ3) is 4.21. The van der Waals surface area contributed by atoms with E-state index >= 15 is 0 Å². The number of rotatable bonds is 4. The number of fused-ring (bicyclic) bond motifs is 1. The van der Waals surface area contributed by atoms with Gasteiger partial charge in [-0.2, -0.15) is 0 Å². The van der Waals surface area contributed by atoms with E-state index < -0.39 is 5.91 Å². The van der Waals surface area contributed by atoms with Crippen LogP contribution in [0.2, 0.25) is 5.02 Å². The number of benzene rings is 2. The summed E-state index contributed by atoms with van der Waals surface area (Å²) in [5.41, 5.74) is 4.11. The molecule has 0 saturated heterocycles. The first-order valence-corrected chi connectivity index (χ1v) is 10.0. The molecule has 4 aromatic rings. The van der Waals surface area contributed by atoms with Crippen molar-refractivity contribution >= 4 is 39.9 Å². The summed E-state index contributed by atoms with van der Waals surface area (Å²) in [6.45, 7) is 3.49. The number of aromatic nitrogens is 1. The van der Waals surface area contributed by atoms with E-state index in [1.807, 2.05) is 31.2 Å². The normalized spacial score (nSPS) is 11.7. The Balaban J connectivity index is 1.96. The summed E-state index contributed by atoms with van der Waals surface area (Å²) >= 11 is 6.21. The topological polar surface area (TPSA) is 87.7 Å². The molecule has 0 unspecified atom stereocenters. The van der Waals surface area contributed by atoms with Gasteiger partial charge in [0, 0.05) is 17.1 Å². The highest BCUT2D eigenvalue weighted by molar-refractivity contribution is 6.33. The molecule has 0 bridgehead atoms. The number of carbonyl (C=O) groups excluding carboxylic acids is 1. The largest absolute Gasteiger partial charge is 0.436 e. The van der Waals surface area contributed by atoms with Crippen LogP contribution in [0, 0.1) is 13.8 Å². The molecular formula is C24H20ClN3O3. The van der Waals surface area contributed by atoms with Crippen LogP contribution in [-0.4, -0.2) is 16.0 Å². The van der Waals surface area contributed by atoms with E-state index in [0.717, 1.165) is 5.56 Å². The smallest absolute Gasteiger partial charge is 0.261 e. The molecule has 31 heavy (non-hydrogen) atoms. The molecule has 0 spiro atoms. The fourth-order valence-corrected chi connectivity index (χ4v) is 3.39. The predicted octanol–water partition coefficient (Wildman–Crippen LogP) is 5.08. The van der Waals surface area contributed by atoms with Gasteiger partial charge in [-0.1, -0.05) is 41.9 Å². The number of hydrogen-bond donors (Lipinski definition) is 2. The van der Waals surface area contributed by atoms with Gasteiger partial charge in [0.05, 0.1) is 28.7 Å². The van der Waals surface area contributed by atoms with Crippen LogP contribution in [0.3, 0.4) is 0 Å². The predicted molar refractivity (Wildman–Crippen MR) is 120 cm³/mol. The molecule has 2 N–H and O–H groups in total. The average molecular weight is 434 g/mol. The molecule has 0 aliphatic rings. The minimum Gasteiger partial charge on any atom is -0.436 e. The Morgan fingerprint density at radius 3 is 2.65 bits per heavy atom. The quantitative estimate of drug-likeness (QED) is 0.470. The molecular weight excluding hydrogens is 414 g/mol. The zero-order valence-corrected chi connectivity index (χ0v) is 17.8. The van der Waals surface area contributed by atoms with Crippen molar-refractivity contribution in [3.8, 4) is 0 Å². The lowest BCUT2D eigenvalue weighted by molar-refractivity contribution is 0.102. The number of para-hydroxylation sites is 2. The summed E-state index contributed by atoms with van der Waals surface area (Å²) in [5, 5.41) is 13.6. The van der Waals surface area contributed by atoms with Crippen molar-refractivity contribution in [2.24, 2.45) is 4.99 Å². The van der Waals surface area contributed by atoms with Crippen LogP contribution < -0.4 is 10.9 Å². The van der Waals surface area contributed by atoms with Gasteiger partial charge in [0.15, 0.2) is 5.58 Å². The summed E-state index contributed by atoms with van der Waals surface area (Å²) in [6.07, 6.45) is 1.57. The Kier molecular flexibility index (Phi) is 5.84. The van der Waals surface area contributed by atoms with Gasteiger partial charge in [-0.15, -0.1) is 0 Å². The van der Waals surface area contributed by atoms with Gasteiger partial charge in [-0.3, -0.25) is 9.78 Å².